The van der Waals surface area contributed by atoms with Crippen molar-refractivity contribution in [2.24, 2.45) is 5.92 Å². The Morgan fingerprint density at radius 1 is 1.57 bits per heavy atom. The van der Waals surface area contributed by atoms with Crippen molar-refractivity contribution in [1.29, 1.82) is 0 Å². The van der Waals surface area contributed by atoms with Crippen LogP contribution in [0.5, 0.6) is 0 Å². The van der Waals surface area contributed by atoms with Crippen LogP contribution in [-0.2, 0) is 9.53 Å². The van der Waals surface area contributed by atoms with Crippen molar-refractivity contribution < 1.29 is 14.6 Å². The molecule has 0 saturated carbocycles. The van der Waals surface area contributed by atoms with Gasteiger partial charge in [0, 0.05) is 7.11 Å². The van der Waals surface area contributed by atoms with E-state index in [1.165, 1.54) is 0 Å². The second-order valence-corrected chi connectivity index (χ2v) is 4.25. The van der Waals surface area contributed by atoms with Gasteiger partial charge < -0.3 is 14.7 Å². The van der Waals surface area contributed by atoms with E-state index < -0.39 is 5.60 Å². The first kappa shape index (κ1) is 11.5. The molecule has 0 bridgehead atoms. The molecule has 4 nitrogen and oxygen atoms in total. The minimum Gasteiger partial charge on any atom is -0.386 e. The maximum atomic E-state index is 11.4. The molecule has 4 heteroatoms. The molecule has 1 aliphatic heterocycles. The molecule has 0 spiro atoms. The van der Waals surface area contributed by atoms with Crippen molar-refractivity contribution in [3.63, 3.8) is 0 Å². The summed E-state index contributed by atoms with van der Waals surface area (Å²) in [5.74, 6) is 0.270. The van der Waals surface area contributed by atoms with Gasteiger partial charge in [-0.2, -0.15) is 0 Å². The molecule has 0 aromatic carbocycles. The lowest BCUT2D eigenvalue weighted by Crippen LogP contribution is -2.66. The van der Waals surface area contributed by atoms with Crippen LogP contribution in [0.2, 0.25) is 0 Å². The summed E-state index contributed by atoms with van der Waals surface area (Å²) in [4.78, 5) is 13.1. The molecule has 1 aliphatic rings. The van der Waals surface area contributed by atoms with E-state index >= 15 is 0 Å². The molecule has 0 unspecified atom stereocenters. The Morgan fingerprint density at radius 3 is 2.57 bits per heavy atom. The molecule has 0 atom stereocenters. The highest BCUT2D eigenvalue weighted by molar-refractivity contribution is 5.77. The third kappa shape index (κ3) is 2.25. The molecule has 0 aliphatic carbocycles. The third-order valence-electron chi connectivity index (χ3n) is 2.88. The first-order valence-electron chi connectivity index (χ1n) is 4.98. The van der Waals surface area contributed by atoms with Crippen LogP contribution in [0.25, 0.3) is 0 Å². The average molecular weight is 201 g/mol. The topological polar surface area (TPSA) is 49.8 Å². The molecule has 1 amide bonds. The van der Waals surface area contributed by atoms with Crippen molar-refractivity contribution in [2.75, 3.05) is 26.8 Å². The standard InChI is InChI=1S/C10H19NO3/c1-8(2)10(13)6-11(7-10)9(12)4-5-14-3/h8,13H,4-7H2,1-3H3. The zero-order valence-corrected chi connectivity index (χ0v) is 9.12. The van der Waals surface area contributed by atoms with Crippen LogP contribution in [0.1, 0.15) is 20.3 Å². The molecule has 1 rings (SSSR count). The minimum atomic E-state index is -0.664. The number of carbonyl (C=O) groups excluding carboxylic acids is 1. The molecule has 0 aromatic rings. The van der Waals surface area contributed by atoms with E-state index in [0.29, 0.717) is 26.1 Å². The van der Waals surface area contributed by atoms with Crippen LogP contribution in [0.4, 0.5) is 0 Å². The number of ether oxygens (including phenoxy) is 1. The fourth-order valence-corrected chi connectivity index (χ4v) is 1.50. The molecule has 14 heavy (non-hydrogen) atoms. The van der Waals surface area contributed by atoms with Gasteiger partial charge in [-0.1, -0.05) is 13.8 Å². The first-order chi connectivity index (χ1) is 6.49. The lowest BCUT2D eigenvalue weighted by Gasteiger charge is -2.49. The fourth-order valence-electron chi connectivity index (χ4n) is 1.50. The molecule has 0 aromatic heterocycles. The maximum Gasteiger partial charge on any atom is 0.225 e. The number of hydrogen-bond acceptors (Lipinski definition) is 3. The number of rotatable bonds is 4. The third-order valence-corrected chi connectivity index (χ3v) is 2.88. The fraction of sp³-hybridized carbons (Fsp3) is 0.900. The highest BCUT2D eigenvalue weighted by Crippen LogP contribution is 2.28. The number of amides is 1. The van der Waals surface area contributed by atoms with E-state index in [1.54, 1.807) is 12.0 Å². The van der Waals surface area contributed by atoms with E-state index in [4.69, 9.17) is 4.74 Å². The summed E-state index contributed by atoms with van der Waals surface area (Å²) in [7, 11) is 1.58. The molecular weight excluding hydrogens is 182 g/mol. The van der Waals surface area contributed by atoms with Gasteiger partial charge in [-0.25, -0.2) is 0 Å². The van der Waals surface area contributed by atoms with E-state index in [-0.39, 0.29) is 11.8 Å². The Kier molecular flexibility index (Phi) is 3.50. The summed E-state index contributed by atoms with van der Waals surface area (Å²) in [6, 6.07) is 0. The van der Waals surface area contributed by atoms with Crippen LogP contribution in [-0.4, -0.2) is 48.3 Å². The summed E-state index contributed by atoms with van der Waals surface area (Å²) in [6.45, 7) is 5.32. The van der Waals surface area contributed by atoms with Gasteiger partial charge in [-0.05, 0) is 5.92 Å². The molecule has 0 radical (unpaired) electrons. The van der Waals surface area contributed by atoms with Gasteiger partial charge in [0.15, 0.2) is 0 Å². The molecule has 82 valence electrons. The Hall–Kier alpha value is -0.610. The Bertz CT molecular complexity index is 209. The number of hydrogen-bond donors (Lipinski definition) is 1. The number of β-amino-alcohol motifs (C(OH)–C–C–N with tert-alkyl or cyclic N) is 1. The van der Waals surface area contributed by atoms with Crippen LogP contribution in [0.15, 0.2) is 0 Å². The Labute approximate surface area is 84.8 Å². The quantitative estimate of drug-likeness (QED) is 0.709. The van der Waals surface area contributed by atoms with Crippen molar-refractivity contribution in [2.45, 2.75) is 25.9 Å². The zero-order chi connectivity index (χ0) is 10.8. The predicted octanol–water partition coefficient (Wildman–Crippen LogP) is 0.252. The zero-order valence-electron chi connectivity index (χ0n) is 9.12. The van der Waals surface area contributed by atoms with Crippen LogP contribution in [0.3, 0.4) is 0 Å². The van der Waals surface area contributed by atoms with Crippen LogP contribution < -0.4 is 0 Å². The number of likely N-dealkylation sites (tertiary alicyclic amines) is 1. The summed E-state index contributed by atoms with van der Waals surface area (Å²) < 4.78 is 4.82. The number of nitrogens with zero attached hydrogens (tertiary/aromatic N) is 1. The second kappa shape index (κ2) is 4.28. The number of aliphatic hydroxyl groups is 1. The Morgan fingerprint density at radius 2 is 2.14 bits per heavy atom. The second-order valence-electron chi connectivity index (χ2n) is 4.25. The van der Waals surface area contributed by atoms with Crippen molar-refractivity contribution in [3.05, 3.63) is 0 Å². The van der Waals surface area contributed by atoms with Gasteiger partial charge in [-0.3, -0.25) is 4.79 Å². The monoisotopic (exact) mass is 201 g/mol. The molecule has 1 saturated heterocycles. The normalized spacial score (nSPS) is 19.6. The highest BCUT2D eigenvalue weighted by Gasteiger charge is 2.45. The first-order valence-corrected chi connectivity index (χ1v) is 4.98. The number of carbonyl (C=O) groups is 1. The minimum absolute atomic E-state index is 0.0668. The lowest BCUT2D eigenvalue weighted by molar-refractivity contribution is -0.164. The van der Waals surface area contributed by atoms with Gasteiger partial charge in [0.05, 0.1) is 26.1 Å². The van der Waals surface area contributed by atoms with Gasteiger partial charge >= 0.3 is 0 Å². The lowest BCUT2D eigenvalue weighted by atomic mass is 9.83. The van der Waals surface area contributed by atoms with Crippen LogP contribution >= 0.6 is 0 Å². The molecule has 1 N–H and O–H groups in total. The summed E-state index contributed by atoms with van der Waals surface area (Å²) >= 11 is 0. The van der Waals surface area contributed by atoms with Gasteiger partial charge in [0.2, 0.25) is 5.91 Å². The van der Waals surface area contributed by atoms with Crippen molar-refractivity contribution >= 4 is 5.91 Å². The average Bonchev–Trinajstić information content (AvgIpc) is 2.08. The molecular formula is C10H19NO3. The summed E-state index contributed by atoms with van der Waals surface area (Å²) in [6.07, 6.45) is 0.407. The van der Waals surface area contributed by atoms with E-state index in [1.807, 2.05) is 13.8 Å². The van der Waals surface area contributed by atoms with E-state index in [2.05, 4.69) is 0 Å². The summed E-state index contributed by atoms with van der Waals surface area (Å²) in [5.41, 5.74) is -0.664. The molecule has 1 heterocycles. The van der Waals surface area contributed by atoms with Gasteiger partial charge in [-0.15, -0.1) is 0 Å². The molecule has 1 fully saturated rings. The van der Waals surface area contributed by atoms with Crippen molar-refractivity contribution in [3.8, 4) is 0 Å². The Balaban J connectivity index is 2.30. The van der Waals surface area contributed by atoms with Crippen LogP contribution in [0, 0.1) is 5.92 Å². The number of methoxy groups -OCH3 is 1. The van der Waals surface area contributed by atoms with E-state index in [9.17, 15) is 9.90 Å². The predicted molar refractivity (Wildman–Crippen MR) is 52.9 cm³/mol. The van der Waals surface area contributed by atoms with Crippen molar-refractivity contribution in [1.82, 2.24) is 4.90 Å². The largest absolute Gasteiger partial charge is 0.386 e. The van der Waals surface area contributed by atoms with E-state index in [0.717, 1.165) is 0 Å². The SMILES string of the molecule is COCCC(=O)N1CC(O)(C(C)C)C1. The smallest absolute Gasteiger partial charge is 0.225 e. The highest BCUT2D eigenvalue weighted by atomic mass is 16.5. The van der Waals surface area contributed by atoms with Gasteiger partial charge in [0.25, 0.3) is 0 Å². The van der Waals surface area contributed by atoms with Gasteiger partial charge in [0.1, 0.15) is 5.60 Å². The maximum absolute atomic E-state index is 11.4. The summed E-state index contributed by atoms with van der Waals surface area (Å²) in [5, 5.41) is 9.91.